The van der Waals surface area contributed by atoms with Gasteiger partial charge >= 0.3 is 0 Å². The lowest BCUT2D eigenvalue weighted by Crippen LogP contribution is -2.34. The Hall–Kier alpha value is -1.99. The minimum absolute atomic E-state index is 0.0481. The fourth-order valence-corrected chi connectivity index (χ4v) is 4.87. The van der Waals surface area contributed by atoms with E-state index < -0.39 is 0 Å². The summed E-state index contributed by atoms with van der Waals surface area (Å²) in [5.41, 5.74) is 2.58. The maximum Gasteiger partial charge on any atom is 0.263 e. The van der Waals surface area contributed by atoms with Crippen LogP contribution in [0.2, 0.25) is 0 Å². The predicted molar refractivity (Wildman–Crippen MR) is 101 cm³/mol. The molecule has 1 N–H and O–H groups in total. The van der Waals surface area contributed by atoms with Crippen molar-refractivity contribution in [1.82, 2.24) is 9.55 Å². The summed E-state index contributed by atoms with van der Waals surface area (Å²) < 4.78 is 7.33. The van der Waals surface area contributed by atoms with Crippen molar-refractivity contribution >= 4 is 22.4 Å². The summed E-state index contributed by atoms with van der Waals surface area (Å²) in [4.78, 5) is 31.5. The van der Waals surface area contributed by atoms with E-state index in [2.05, 4.69) is 10.3 Å². The molecule has 2 aliphatic rings. The molecule has 1 amide bonds. The van der Waals surface area contributed by atoms with E-state index in [-0.39, 0.29) is 23.1 Å². The van der Waals surface area contributed by atoms with Crippen LogP contribution in [0.1, 0.15) is 51.4 Å². The predicted octanol–water partition coefficient (Wildman–Crippen LogP) is 2.84. The zero-order chi connectivity index (χ0) is 18.3. The summed E-state index contributed by atoms with van der Waals surface area (Å²) in [7, 11) is 0. The van der Waals surface area contributed by atoms with Crippen molar-refractivity contribution in [1.29, 1.82) is 0 Å². The SMILES string of the molecule is Cc1cc(C)n(CC2CCCO2)c(=O)c1C(=O)Nc1nc2c(s1)CCC2. The number of fused-ring (bicyclic) bond motifs is 1. The van der Waals surface area contributed by atoms with Gasteiger partial charge in [-0.2, -0.15) is 0 Å². The van der Waals surface area contributed by atoms with Crippen LogP contribution in [-0.4, -0.2) is 28.2 Å². The average Bonchev–Trinajstić information content (AvgIpc) is 3.28. The number of rotatable bonds is 4. The van der Waals surface area contributed by atoms with Crippen molar-refractivity contribution in [3.63, 3.8) is 0 Å². The maximum atomic E-state index is 13.0. The number of hydrogen-bond donors (Lipinski definition) is 1. The van der Waals surface area contributed by atoms with Gasteiger partial charge < -0.3 is 9.30 Å². The van der Waals surface area contributed by atoms with Crippen molar-refractivity contribution < 1.29 is 9.53 Å². The summed E-state index contributed by atoms with van der Waals surface area (Å²) in [6.07, 6.45) is 5.15. The molecule has 138 valence electrons. The molecule has 2 aromatic rings. The molecular formula is C19H23N3O3S. The van der Waals surface area contributed by atoms with Crippen LogP contribution < -0.4 is 10.9 Å². The molecule has 1 fully saturated rings. The molecule has 26 heavy (non-hydrogen) atoms. The van der Waals surface area contributed by atoms with E-state index in [1.54, 1.807) is 4.57 Å². The molecule has 1 saturated heterocycles. The van der Waals surface area contributed by atoms with Gasteiger partial charge in [-0.1, -0.05) is 0 Å². The Morgan fingerprint density at radius 1 is 1.38 bits per heavy atom. The summed E-state index contributed by atoms with van der Waals surface area (Å²) >= 11 is 1.52. The highest BCUT2D eigenvalue weighted by molar-refractivity contribution is 7.16. The first-order chi connectivity index (χ1) is 12.5. The van der Waals surface area contributed by atoms with Crippen LogP contribution in [-0.2, 0) is 24.1 Å². The van der Waals surface area contributed by atoms with Gasteiger partial charge in [-0.3, -0.25) is 14.9 Å². The number of thiazole rings is 1. The van der Waals surface area contributed by atoms with E-state index in [0.29, 0.717) is 17.2 Å². The van der Waals surface area contributed by atoms with Gasteiger partial charge in [0.25, 0.3) is 11.5 Å². The van der Waals surface area contributed by atoms with E-state index in [1.165, 1.54) is 16.2 Å². The fourth-order valence-electron chi connectivity index (χ4n) is 3.83. The lowest BCUT2D eigenvalue weighted by Gasteiger charge is -2.17. The minimum atomic E-state index is -0.374. The molecule has 0 spiro atoms. The Morgan fingerprint density at radius 3 is 2.96 bits per heavy atom. The Balaban J connectivity index is 1.61. The topological polar surface area (TPSA) is 73.2 Å². The number of anilines is 1. The Kier molecular flexibility index (Phi) is 4.67. The molecule has 2 aromatic heterocycles. The number of nitrogens with one attached hydrogen (secondary N) is 1. The van der Waals surface area contributed by atoms with Crippen molar-refractivity contribution in [2.24, 2.45) is 0 Å². The standard InChI is InChI=1S/C19H23N3O3S/c1-11-9-12(2)22(10-13-5-4-8-25-13)18(24)16(11)17(23)21-19-20-14-6-3-7-15(14)26-19/h9,13H,3-8,10H2,1-2H3,(H,20,21,23). The number of amides is 1. The molecule has 0 aromatic carbocycles. The zero-order valence-electron chi connectivity index (χ0n) is 15.1. The van der Waals surface area contributed by atoms with Crippen LogP contribution in [0.15, 0.2) is 10.9 Å². The van der Waals surface area contributed by atoms with Gasteiger partial charge in [-0.15, -0.1) is 11.3 Å². The Morgan fingerprint density at radius 2 is 2.23 bits per heavy atom. The summed E-state index contributed by atoms with van der Waals surface area (Å²) in [5.74, 6) is -0.374. The van der Waals surface area contributed by atoms with Crippen molar-refractivity contribution in [2.75, 3.05) is 11.9 Å². The largest absolute Gasteiger partial charge is 0.376 e. The molecule has 7 heteroatoms. The van der Waals surface area contributed by atoms with Gasteiger partial charge in [0.15, 0.2) is 5.13 Å². The van der Waals surface area contributed by atoms with Gasteiger partial charge in [0.2, 0.25) is 0 Å². The second-order valence-corrected chi connectivity index (χ2v) is 8.17. The van der Waals surface area contributed by atoms with E-state index in [4.69, 9.17) is 4.74 Å². The Bertz CT molecular complexity index is 888. The molecule has 4 rings (SSSR count). The second-order valence-electron chi connectivity index (χ2n) is 7.09. The fraction of sp³-hybridized carbons (Fsp3) is 0.526. The number of hydrogen-bond acceptors (Lipinski definition) is 5. The monoisotopic (exact) mass is 373 g/mol. The van der Waals surface area contributed by atoms with Crippen molar-refractivity contribution in [3.05, 3.63) is 43.8 Å². The van der Waals surface area contributed by atoms with Crippen LogP contribution in [0.3, 0.4) is 0 Å². The molecule has 0 saturated carbocycles. The third-order valence-electron chi connectivity index (χ3n) is 5.16. The van der Waals surface area contributed by atoms with Crippen LogP contribution in [0, 0.1) is 13.8 Å². The molecule has 3 heterocycles. The first-order valence-electron chi connectivity index (χ1n) is 9.15. The number of aryl methyl sites for hydroxylation is 4. The number of pyridine rings is 1. The minimum Gasteiger partial charge on any atom is -0.376 e. The summed E-state index contributed by atoms with van der Waals surface area (Å²) in [6, 6.07) is 1.90. The van der Waals surface area contributed by atoms with Crippen LogP contribution in [0.25, 0.3) is 0 Å². The normalized spacial score (nSPS) is 18.9. The highest BCUT2D eigenvalue weighted by Crippen LogP contribution is 2.30. The lowest BCUT2D eigenvalue weighted by atomic mass is 10.1. The molecular weight excluding hydrogens is 350 g/mol. The molecule has 0 bridgehead atoms. The first-order valence-corrected chi connectivity index (χ1v) is 9.97. The molecule has 1 atom stereocenters. The third kappa shape index (κ3) is 3.21. The van der Waals surface area contributed by atoms with Gasteiger partial charge in [0.05, 0.1) is 18.3 Å². The van der Waals surface area contributed by atoms with Gasteiger partial charge in [0, 0.05) is 17.2 Å². The number of nitrogens with zero attached hydrogens (tertiary/aromatic N) is 2. The highest BCUT2D eigenvalue weighted by atomic mass is 32.1. The van der Waals surface area contributed by atoms with Crippen molar-refractivity contribution in [3.8, 4) is 0 Å². The number of carbonyl (C=O) groups is 1. The third-order valence-corrected chi connectivity index (χ3v) is 6.23. The first kappa shape index (κ1) is 17.4. The van der Waals surface area contributed by atoms with Crippen LogP contribution in [0.4, 0.5) is 5.13 Å². The smallest absolute Gasteiger partial charge is 0.263 e. The number of ether oxygens (including phenoxy) is 1. The summed E-state index contributed by atoms with van der Waals surface area (Å²) in [5, 5.41) is 3.42. The van der Waals surface area contributed by atoms with Crippen LogP contribution >= 0.6 is 11.3 Å². The van der Waals surface area contributed by atoms with Crippen LogP contribution in [0.5, 0.6) is 0 Å². The van der Waals surface area contributed by atoms with E-state index in [1.807, 2.05) is 19.9 Å². The van der Waals surface area contributed by atoms with Gasteiger partial charge in [-0.25, -0.2) is 4.98 Å². The molecule has 0 radical (unpaired) electrons. The van der Waals surface area contributed by atoms with E-state index in [9.17, 15) is 9.59 Å². The van der Waals surface area contributed by atoms with E-state index in [0.717, 1.165) is 50.1 Å². The highest BCUT2D eigenvalue weighted by Gasteiger charge is 2.23. The second kappa shape index (κ2) is 6.96. The summed E-state index contributed by atoms with van der Waals surface area (Å²) in [6.45, 7) is 4.95. The molecule has 1 aliphatic heterocycles. The zero-order valence-corrected chi connectivity index (χ0v) is 15.9. The van der Waals surface area contributed by atoms with Crippen molar-refractivity contribution in [2.45, 2.75) is 58.6 Å². The van der Waals surface area contributed by atoms with E-state index >= 15 is 0 Å². The number of carbonyl (C=O) groups excluding carboxylic acids is 1. The molecule has 1 unspecified atom stereocenters. The average molecular weight is 373 g/mol. The maximum absolute atomic E-state index is 13.0. The van der Waals surface area contributed by atoms with Gasteiger partial charge in [0.1, 0.15) is 5.56 Å². The quantitative estimate of drug-likeness (QED) is 0.894. The molecule has 1 aliphatic carbocycles. The lowest BCUT2D eigenvalue weighted by molar-refractivity contribution is 0.0947. The molecule has 6 nitrogen and oxygen atoms in total. The van der Waals surface area contributed by atoms with Gasteiger partial charge in [-0.05, 0) is 57.6 Å². The number of aromatic nitrogens is 2. The Labute approximate surface area is 156 Å².